The Hall–Kier alpha value is -1.38. The van der Waals surface area contributed by atoms with Crippen LogP contribution in [-0.2, 0) is 5.54 Å². The Morgan fingerprint density at radius 3 is 2.78 bits per heavy atom. The summed E-state index contributed by atoms with van der Waals surface area (Å²) in [4.78, 5) is 0. The molecule has 0 unspecified atom stereocenters. The zero-order valence-corrected chi connectivity index (χ0v) is 11.7. The zero-order chi connectivity index (χ0) is 13.2. The number of fused-ring (bicyclic) bond motifs is 1. The van der Waals surface area contributed by atoms with Crippen molar-refractivity contribution in [3.8, 4) is 0 Å². The number of hydrogen-bond donors (Lipinski definition) is 1. The average molecular weight is 248 g/mol. The van der Waals surface area contributed by atoms with E-state index in [4.69, 9.17) is 10.2 Å². The van der Waals surface area contributed by atoms with Crippen LogP contribution in [-0.4, -0.2) is 4.57 Å². The first kappa shape index (κ1) is 13.1. The first-order chi connectivity index (χ1) is 8.54. The van der Waals surface area contributed by atoms with Gasteiger partial charge in [0.2, 0.25) is 5.71 Å². The Bertz CT molecular complexity index is 508. The molecule has 2 N–H and O–H groups in total. The van der Waals surface area contributed by atoms with Crippen molar-refractivity contribution < 1.29 is 4.42 Å². The van der Waals surface area contributed by atoms with Crippen LogP contribution in [0.25, 0.3) is 11.1 Å². The van der Waals surface area contributed by atoms with Gasteiger partial charge in [-0.05, 0) is 26.3 Å². The second-order valence-corrected chi connectivity index (χ2v) is 5.72. The van der Waals surface area contributed by atoms with Gasteiger partial charge in [-0.25, -0.2) is 0 Å². The number of nitrogens with zero attached hydrogens (tertiary/aromatic N) is 1. The van der Waals surface area contributed by atoms with Crippen molar-refractivity contribution in [3.05, 3.63) is 18.3 Å². The molecule has 2 heterocycles. The molecule has 3 heteroatoms. The standard InChI is InChI=1S/C15H24N2O/c1-4-5-6-7-9-15(2,3)17-10-8-12-11-13(16)18-14(12)17/h8,10-11H,4-7,9,16H2,1-3H3. The molecule has 0 saturated heterocycles. The predicted molar refractivity (Wildman–Crippen MR) is 76.7 cm³/mol. The summed E-state index contributed by atoms with van der Waals surface area (Å²) >= 11 is 0. The second-order valence-electron chi connectivity index (χ2n) is 5.72. The van der Waals surface area contributed by atoms with Crippen LogP contribution in [0.15, 0.2) is 22.7 Å². The molecule has 0 fully saturated rings. The lowest BCUT2D eigenvalue weighted by molar-refractivity contribution is 0.312. The molecule has 18 heavy (non-hydrogen) atoms. The fraction of sp³-hybridized carbons (Fsp3) is 0.600. The number of nitrogen functional groups attached to an aromatic ring is 1. The van der Waals surface area contributed by atoms with Crippen LogP contribution in [0.2, 0.25) is 0 Å². The van der Waals surface area contributed by atoms with E-state index in [0.29, 0.717) is 5.88 Å². The van der Waals surface area contributed by atoms with Gasteiger partial charge in [0.25, 0.3) is 0 Å². The van der Waals surface area contributed by atoms with Crippen molar-refractivity contribution in [1.29, 1.82) is 0 Å². The van der Waals surface area contributed by atoms with Crippen LogP contribution >= 0.6 is 0 Å². The van der Waals surface area contributed by atoms with Crippen molar-refractivity contribution in [2.24, 2.45) is 0 Å². The molecular weight excluding hydrogens is 224 g/mol. The summed E-state index contributed by atoms with van der Waals surface area (Å²) < 4.78 is 7.81. The van der Waals surface area contributed by atoms with E-state index in [0.717, 1.165) is 17.5 Å². The Morgan fingerprint density at radius 1 is 1.28 bits per heavy atom. The highest BCUT2D eigenvalue weighted by atomic mass is 16.4. The van der Waals surface area contributed by atoms with E-state index in [1.54, 1.807) is 0 Å². The predicted octanol–water partition coefficient (Wildman–Crippen LogP) is 4.52. The minimum atomic E-state index is 0.0831. The maximum absolute atomic E-state index is 5.71. The van der Waals surface area contributed by atoms with Gasteiger partial charge in [-0.15, -0.1) is 0 Å². The Balaban J connectivity index is 2.12. The first-order valence-electron chi connectivity index (χ1n) is 6.91. The van der Waals surface area contributed by atoms with Crippen LogP contribution in [0.1, 0.15) is 52.9 Å². The third-order valence-electron chi connectivity index (χ3n) is 3.68. The van der Waals surface area contributed by atoms with E-state index >= 15 is 0 Å². The van der Waals surface area contributed by atoms with Crippen molar-refractivity contribution >= 4 is 17.0 Å². The number of unbranched alkanes of at least 4 members (excludes halogenated alkanes) is 3. The van der Waals surface area contributed by atoms with Gasteiger partial charge in [0.15, 0.2) is 5.88 Å². The number of furan rings is 1. The van der Waals surface area contributed by atoms with Crippen molar-refractivity contribution in [2.45, 2.75) is 58.4 Å². The van der Waals surface area contributed by atoms with E-state index < -0.39 is 0 Å². The van der Waals surface area contributed by atoms with Crippen LogP contribution in [0.5, 0.6) is 0 Å². The molecule has 0 aliphatic heterocycles. The lowest BCUT2D eigenvalue weighted by atomic mass is 9.96. The minimum absolute atomic E-state index is 0.0831. The maximum atomic E-state index is 5.71. The third-order valence-corrected chi connectivity index (χ3v) is 3.68. The van der Waals surface area contributed by atoms with Gasteiger partial charge in [-0.1, -0.05) is 32.6 Å². The summed E-state index contributed by atoms with van der Waals surface area (Å²) in [5.74, 6) is 0.496. The minimum Gasteiger partial charge on any atom is -0.424 e. The molecule has 0 atom stereocenters. The van der Waals surface area contributed by atoms with E-state index in [1.165, 1.54) is 25.7 Å². The molecule has 0 amide bonds. The highest BCUT2D eigenvalue weighted by Crippen LogP contribution is 2.31. The highest BCUT2D eigenvalue weighted by Gasteiger charge is 2.22. The lowest BCUT2D eigenvalue weighted by Gasteiger charge is -2.27. The summed E-state index contributed by atoms with van der Waals surface area (Å²) in [5.41, 5.74) is 6.69. The third kappa shape index (κ3) is 2.55. The fourth-order valence-corrected chi connectivity index (χ4v) is 2.53. The molecule has 0 aliphatic rings. The molecule has 0 saturated carbocycles. The van der Waals surface area contributed by atoms with Crippen LogP contribution in [0.3, 0.4) is 0 Å². The molecule has 0 radical (unpaired) electrons. The van der Waals surface area contributed by atoms with E-state index in [1.807, 2.05) is 6.07 Å². The highest BCUT2D eigenvalue weighted by molar-refractivity contribution is 5.78. The van der Waals surface area contributed by atoms with E-state index in [-0.39, 0.29) is 5.54 Å². The molecule has 2 aromatic heterocycles. The quantitative estimate of drug-likeness (QED) is 0.764. The fourth-order valence-electron chi connectivity index (χ4n) is 2.53. The van der Waals surface area contributed by atoms with Crippen LogP contribution < -0.4 is 5.73 Å². The van der Waals surface area contributed by atoms with Crippen molar-refractivity contribution in [3.63, 3.8) is 0 Å². The molecule has 3 nitrogen and oxygen atoms in total. The van der Waals surface area contributed by atoms with E-state index in [9.17, 15) is 0 Å². The van der Waals surface area contributed by atoms with E-state index in [2.05, 4.69) is 37.6 Å². The molecule has 2 aromatic rings. The zero-order valence-electron chi connectivity index (χ0n) is 11.7. The normalized spacial score (nSPS) is 12.4. The van der Waals surface area contributed by atoms with Crippen LogP contribution in [0.4, 0.5) is 5.88 Å². The lowest BCUT2D eigenvalue weighted by Crippen LogP contribution is -2.25. The average Bonchev–Trinajstić information content (AvgIpc) is 2.82. The van der Waals surface area contributed by atoms with Gasteiger partial charge in [0, 0.05) is 23.2 Å². The molecule has 0 spiro atoms. The summed E-state index contributed by atoms with van der Waals surface area (Å²) in [6.45, 7) is 6.76. The van der Waals surface area contributed by atoms with Gasteiger partial charge < -0.3 is 14.7 Å². The van der Waals surface area contributed by atoms with Gasteiger partial charge in [0.1, 0.15) is 0 Å². The van der Waals surface area contributed by atoms with Crippen LogP contribution in [0, 0.1) is 0 Å². The largest absolute Gasteiger partial charge is 0.424 e. The maximum Gasteiger partial charge on any atom is 0.209 e. The van der Waals surface area contributed by atoms with Crippen molar-refractivity contribution in [1.82, 2.24) is 4.57 Å². The Kier molecular flexibility index (Phi) is 3.69. The Labute approximate surface area is 109 Å². The molecule has 100 valence electrons. The molecule has 0 aliphatic carbocycles. The first-order valence-corrected chi connectivity index (χ1v) is 6.91. The summed E-state index contributed by atoms with van der Waals surface area (Å²) in [5, 5.41) is 1.09. The van der Waals surface area contributed by atoms with Crippen molar-refractivity contribution in [2.75, 3.05) is 5.73 Å². The summed E-state index contributed by atoms with van der Waals surface area (Å²) in [7, 11) is 0. The molecular formula is C15H24N2O. The smallest absolute Gasteiger partial charge is 0.209 e. The van der Waals surface area contributed by atoms with Gasteiger partial charge in [0.05, 0.1) is 0 Å². The van der Waals surface area contributed by atoms with Gasteiger partial charge >= 0.3 is 0 Å². The number of nitrogens with two attached hydrogens (primary N) is 1. The molecule has 2 rings (SSSR count). The van der Waals surface area contributed by atoms with Gasteiger partial charge in [-0.2, -0.15) is 0 Å². The SMILES string of the molecule is CCCCCCC(C)(C)n1ccc2cc(N)oc21. The Morgan fingerprint density at radius 2 is 2.06 bits per heavy atom. The molecule has 0 aromatic carbocycles. The molecule has 0 bridgehead atoms. The topological polar surface area (TPSA) is 44.1 Å². The number of rotatable bonds is 6. The number of anilines is 1. The number of aromatic nitrogens is 1. The van der Waals surface area contributed by atoms with Gasteiger partial charge in [-0.3, -0.25) is 0 Å². The second kappa shape index (κ2) is 5.09. The summed E-state index contributed by atoms with van der Waals surface area (Å²) in [6, 6.07) is 3.96. The monoisotopic (exact) mass is 248 g/mol. The number of hydrogen-bond acceptors (Lipinski definition) is 2. The summed E-state index contributed by atoms with van der Waals surface area (Å²) in [6.07, 6.45) is 8.44.